The van der Waals surface area contributed by atoms with Gasteiger partial charge >= 0.3 is 0 Å². The largest absolute Gasteiger partial charge is 0.206 e. The average molecular weight is 204 g/mol. The van der Waals surface area contributed by atoms with Gasteiger partial charge in [-0.3, -0.25) is 0 Å². The van der Waals surface area contributed by atoms with E-state index in [1.807, 2.05) is 0 Å². The number of benzene rings is 2. The van der Waals surface area contributed by atoms with Gasteiger partial charge in [-0.15, -0.1) is 0 Å². The van der Waals surface area contributed by atoms with E-state index in [2.05, 4.69) is 6.58 Å². The van der Waals surface area contributed by atoms with Gasteiger partial charge in [0.1, 0.15) is 11.6 Å². The zero-order valence-electron chi connectivity index (χ0n) is 8.35. The fraction of sp³-hybridized carbons (Fsp3) is 0.0769. The SMILES string of the molecule is C=Cc1cc2ccc(C)c(F)c2cc1F. The second kappa shape index (κ2) is 3.46. The molecule has 0 saturated heterocycles. The monoisotopic (exact) mass is 204 g/mol. The molecule has 15 heavy (non-hydrogen) atoms. The third-order valence-corrected chi connectivity index (χ3v) is 2.48. The van der Waals surface area contributed by atoms with Gasteiger partial charge in [0.2, 0.25) is 0 Å². The van der Waals surface area contributed by atoms with Gasteiger partial charge in [0, 0.05) is 10.9 Å². The molecule has 0 fully saturated rings. The lowest BCUT2D eigenvalue weighted by Crippen LogP contribution is -1.89. The molecule has 2 rings (SSSR count). The maximum atomic E-state index is 13.6. The molecule has 0 aromatic heterocycles. The van der Waals surface area contributed by atoms with Gasteiger partial charge in [0.25, 0.3) is 0 Å². The maximum absolute atomic E-state index is 13.6. The van der Waals surface area contributed by atoms with Crippen LogP contribution in [0.4, 0.5) is 8.78 Å². The Balaban J connectivity index is 2.87. The van der Waals surface area contributed by atoms with Crippen molar-refractivity contribution >= 4 is 16.8 Å². The van der Waals surface area contributed by atoms with Crippen molar-refractivity contribution < 1.29 is 8.78 Å². The second-order valence-electron chi connectivity index (χ2n) is 3.50. The van der Waals surface area contributed by atoms with E-state index in [-0.39, 0.29) is 5.82 Å². The molecule has 0 amide bonds. The Morgan fingerprint density at radius 3 is 2.60 bits per heavy atom. The minimum absolute atomic E-state index is 0.318. The summed E-state index contributed by atoms with van der Waals surface area (Å²) >= 11 is 0. The highest BCUT2D eigenvalue weighted by Gasteiger charge is 2.07. The highest BCUT2D eigenvalue weighted by molar-refractivity contribution is 5.86. The molecule has 0 bridgehead atoms. The van der Waals surface area contributed by atoms with E-state index in [9.17, 15) is 8.78 Å². The maximum Gasteiger partial charge on any atom is 0.134 e. The van der Waals surface area contributed by atoms with Gasteiger partial charge in [-0.2, -0.15) is 0 Å². The van der Waals surface area contributed by atoms with Crippen LogP contribution in [0.5, 0.6) is 0 Å². The van der Waals surface area contributed by atoms with Crippen molar-refractivity contribution in [2.24, 2.45) is 0 Å². The Labute approximate surface area is 86.8 Å². The molecule has 0 N–H and O–H groups in total. The van der Waals surface area contributed by atoms with Crippen LogP contribution in [-0.4, -0.2) is 0 Å². The molecule has 2 heteroatoms. The summed E-state index contributed by atoms with van der Waals surface area (Å²) in [5.74, 6) is -0.802. The van der Waals surface area contributed by atoms with Crippen molar-refractivity contribution in [3.63, 3.8) is 0 Å². The van der Waals surface area contributed by atoms with Crippen LogP contribution in [0.1, 0.15) is 11.1 Å². The summed E-state index contributed by atoms with van der Waals surface area (Å²) in [4.78, 5) is 0. The number of aryl methyl sites for hydroxylation is 1. The highest BCUT2D eigenvalue weighted by atomic mass is 19.1. The Morgan fingerprint density at radius 1 is 1.20 bits per heavy atom. The van der Waals surface area contributed by atoms with Crippen molar-refractivity contribution in [2.75, 3.05) is 0 Å². The molecular weight excluding hydrogens is 194 g/mol. The molecule has 0 aliphatic rings. The molecule has 0 unspecified atom stereocenters. The van der Waals surface area contributed by atoms with Gasteiger partial charge in [-0.1, -0.05) is 24.8 Å². The zero-order valence-corrected chi connectivity index (χ0v) is 8.35. The topological polar surface area (TPSA) is 0 Å². The van der Waals surface area contributed by atoms with Crippen LogP contribution in [-0.2, 0) is 0 Å². The molecule has 0 nitrogen and oxygen atoms in total. The van der Waals surface area contributed by atoms with Crippen LogP contribution < -0.4 is 0 Å². The first-order chi connectivity index (χ1) is 7.13. The zero-order chi connectivity index (χ0) is 11.0. The predicted molar refractivity (Wildman–Crippen MR) is 58.7 cm³/mol. The van der Waals surface area contributed by atoms with Crippen molar-refractivity contribution in [1.29, 1.82) is 0 Å². The lowest BCUT2D eigenvalue weighted by molar-refractivity contribution is 0.616. The summed E-state index contributed by atoms with van der Waals surface area (Å²) in [6, 6.07) is 6.28. The normalized spacial score (nSPS) is 10.6. The van der Waals surface area contributed by atoms with E-state index < -0.39 is 5.82 Å². The highest BCUT2D eigenvalue weighted by Crippen LogP contribution is 2.24. The first kappa shape index (κ1) is 9.84. The molecule has 0 heterocycles. The summed E-state index contributed by atoms with van der Waals surface area (Å²) in [7, 11) is 0. The van der Waals surface area contributed by atoms with Gasteiger partial charge in [0.15, 0.2) is 0 Å². The van der Waals surface area contributed by atoms with E-state index in [0.717, 1.165) is 0 Å². The van der Waals surface area contributed by atoms with Crippen LogP contribution in [0.15, 0.2) is 30.8 Å². The third kappa shape index (κ3) is 1.52. The predicted octanol–water partition coefficient (Wildman–Crippen LogP) is 4.07. The summed E-state index contributed by atoms with van der Waals surface area (Å²) in [5.41, 5.74) is 0.916. The third-order valence-electron chi connectivity index (χ3n) is 2.48. The number of rotatable bonds is 1. The van der Waals surface area contributed by atoms with Gasteiger partial charge in [0.05, 0.1) is 0 Å². The summed E-state index contributed by atoms with van der Waals surface area (Å²) in [6.45, 7) is 5.17. The van der Waals surface area contributed by atoms with Gasteiger partial charge in [-0.05, 0) is 30.0 Å². The first-order valence-electron chi connectivity index (χ1n) is 4.64. The lowest BCUT2D eigenvalue weighted by Gasteiger charge is -2.04. The Hall–Kier alpha value is -1.70. The smallest absolute Gasteiger partial charge is 0.134 e. The standard InChI is InChI=1S/C13H10F2/c1-3-9-6-10-5-4-8(2)13(15)11(10)7-12(9)14/h3-7H,1H2,2H3. The second-order valence-corrected chi connectivity index (χ2v) is 3.50. The van der Waals surface area contributed by atoms with E-state index in [4.69, 9.17) is 0 Å². The molecule has 76 valence electrons. The fourth-order valence-electron chi connectivity index (χ4n) is 1.59. The Bertz CT molecular complexity index is 542. The lowest BCUT2D eigenvalue weighted by atomic mass is 10.0. The van der Waals surface area contributed by atoms with E-state index >= 15 is 0 Å². The fourth-order valence-corrected chi connectivity index (χ4v) is 1.59. The molecular formula is C13H10F2. The summed E-state index contributed by atoms with van der Waals surface area (Å²) in [6.07, 6.45) is 1.42. The summed E-state index contributed by atoms with van der Waals surface area (Å²) in [5, 5.41) is 1.01. The first-order valence-corrected chi connectivity index (χ1v) is 4.64. The van der Waals surface area contributed by atoms with Crippen LogP contribution in [0, 0.1) is 18.6 Å². The number of hydrogen-bond donors (Lipinski definition) is 0. The quantitative estimate of drug-likeness (QED) is 0.656. The molecule has 0 radical (unpaired) electrons. The Morgan fingerprint density at radius 2 is 1.93 bits per heavy atom. The van der Waals surface area contributed by atoms with E-state index in [1.54, 1.807) is 25.1 Å². The van der Waals surface area contributed by atoms with E-state index in [0.29, 0.717) is 21.9 Å². The van der Waals surface area contributed by atoms with E-state index in [1.165, 1.54) is 12.1 Å². The van der Waals surface area contributed by atoms with Crippen molar-refractivity contribution in [2.45, 2.75) is 6.92 Å². The van der Waals surface area contributed by atoms with Crippen LogP contribution in [0.3, 0.4) is 0 Å². The molecule has 0 spiro atoms. The average Bonchev–Trinajstić information content (AvgIpc) is 2.24. The van der Waals surface area contributed by atoms with Crippen molar-refractivity contribution in [3.05, 3.63) is 53.6 Å². The van der Waals surface area contributed by atoms with Crippen LogP contribution in [0.25, 0.3) is 16.8 Å². The summed E-state index contributed by atoms with van der Waals surface area (Å²) < 4.78 is 27.0. The van der Waals surface area contributed by atoms with Crippen molar-refractivity contribution in [3.8, 4) is 0 Å². The molecule has 0 saturated carbocycles. The van der Waals surface area contributed by atoms with Gasteiger partial charge < -0.3 is 0 Å². The Kier molecular flexibility index (Phi) is 2.27. The van der Waals surface area contributed by atoms with Crippen LogP contribution >= 0.6 is 0 Å². The molecule has 2 aromatic rings. The van der Waals surface area contributed by atoms with Gasteiger partial charge in [-0.25, -0.2) is 8.78 Å². The molecule has 2 aromatic carbocycles. The van der Waals surface area contributed by atoms with Crippen molar-refractivity contribution in [1.82, 2.24) is 0 Å². The number of hydrogen-bond acceptors (Lipinski definition) is 0. The number of fused-ring (bicyclic) bond motifs is 1. The minimum atomic E-state index is -0.443. The molecule has 0 aliphatic carbocycles. The molecule has 0 atom stereocenters. The van der Waals surface area contributed by atoms with Crippen LogP contribution in [0.2, 0.25) is 0 Å². The minimum Gasteiger partial charge on any atom is -0.206 e. The molecule has 0 aliphatic heterocycles. The number of halogens is 2.